The van der Waals surface area contributed by atoms with Crippen LogP contribution in [0.4, 0.5) is 10.8 Å². The Labute approximate surface area is 204 Å². The van der Waals surface area contributed by atoms with Crippen LogP contribution in [0.5, 0.6) is 11.5 Å². The van der Waals surface area contributed by atoms with Crippen molar-refractivity contribution in [3.05, 3.63) is 53.9 Å². The molecule has 1 aliphatic rings. The van der Waals surface area contributed by atoms with Crippen LogP contribution in [0.25, 0.3) is 11.3 Å². The van der Waals surface area contributed by atoms with Crippen LogP contribution in [0.15, 0.2) is 53.9 Å². The lowest BCUT2D eigenvalue weighted by molar-refractivity contribution is -0.122. The van der Waals surface area contributed by atoms with Gasteiger partial charge in [-0.3, -0.25) is 4.79 Å². The van der Waals surface area contributed by atoms with E-state index in [4.69, 9.17) is 19.2 Å². The van der Waals surface area contributed by atoms with Crippen molar-refractivity contribution in [1.29, 1.82) is 0 Å². The van der Waals surface area contributed by atoms with Gasteiger partial charge >= 0.3 is 0 Å². The first-order chi connectivity index (χ1) is 16.6. The smallest absolute Gasteiger partial charge is 0.243 e. The van der Waals surface area contributed by atoms with E-state index in [1.807, 2.05) is 65.7 Å². The molecule has 1 aliphatic heterocycles. The lowest BCUT2D eigenvalue weighted by Gasteiger charge is -2.30. The van der Waals surface area contributed by atoms with Crippen molar-refractivity contribution in [3.63, 3.8) is 0 Å². The maximum absolute atomic E-state index is 13.3. The zero-order valence-electron chi connectivity index (χ0n) is 19.8. The molecular weight excluding hydrogens is 450 g/mol. The minimum Gasteiger partial charge on any atom is -0.497 e. The number of nitrogens with zero attached hydrogens (tertiary/aromatic N) is 2. The number of carbonyl (C=O) groups is 1. The van der Waals surface area contributed by atoms with E-state index >= 15 is 0 Å². The lowest BCUT2D eigenvalue weighted by Crippen LogP contribution is -2.46. The Kier molecular flexibility index (Phi) is 8.03. The fourth-order valence-corrected chi connectivity index (χ4v) is 4.96. The number of rotatable bonds is 10. The fourth-order valence-electron chi connectivity index (χ4n) is 4.06. The zero-order chi connectivity index (χ0) is 23.9. The average Bonchev–Trinajstić information content (AvgIpc) is 3.58. The number of thiazole rings is 1. The number of ether oxygens (including phenoxy) is 3. The Morgan fingerprint density at radius 2 is 1.82 bits per heavy atom. The molecule has 2 heterocycles. The van der Waals surface area contributed by atoms with E-state index in [-0.39, 0.29) is 12.0 Å². The van der Waals surface area contributed by atoms with Gasteiger partial charge < -0.3 is 24.4 Å². The number of benzene rings is 2. The molecular formula is C26H31N3O4S. The van der Waals surface area contributed by atoms with Gasteiger partial charge in [0.1, 0.15) is 17.5 Å². The van der Waals surface area contributed by atoms with Crippen molar-refractivity contribution in [2.75, 3.05) is 32.3 Å². The van der Waals surface area contributed by atoms with E-state index in [9.17, 15) is 4.79 Å². The SMILES string of the molecule is CC[C@H](C(=O)NC[C@@H]1CCCO1)N(c1ccc(OC)cc1)c1nc(-c2ccc(OC)cc2)cs1. The quantitative estimate of drug-likeness (QED) is 0.437. The molecule has 4 rings (SSSR count). The van der Waals surface area contributed by atoms with E-state index in [2.05, 4.69) is 5.32 Å². The molecule has 0 bridgehead atoms. The molecule has 2 aromatic carbocycles. The predicted octanol–water partition coefficient (Wildman–Crippen LogP) is 5.04. The summed E-state index contributed by atoms with van der Waals surface area (Å²) in [5.74, 6) is 1.53. The fraction of sp³-hybridized carbons (Fsp3) is 0.385. The lowest BCUT2D eigenvalue weighted by atomic mass is 10.1. The van der Waals surface area contributed by atoms with E-state index in [1.54, 1.807) is 14.2 Å². The van der Waals surface area contributed by atoms with Crippen LogP contribution in [0.3, 0.4) is 0 Å². The molecule has 34 heavy (non-hydrogen) atoms. The number of methoxy groups -OCH3 is 2. The number of amides is 1. The second kappa shape index (κ2) is 11.4. The third kappa shape index (κ3) is 5.51. The van der Waals surface area contributed by atoms with E-state index in [0.717, 1.165) is 53.0 Å². The molecule has 1 aromatic heterocycles. The molecule has 0 radical (unpaired) electrons. The average molecular weight is 482 g/mol. The molecule has 2 atom stereocenters. The number of hydrogen-bond acceptors (Lipinski definition) is 7. The van der Waals surface area contributed by atoms with Crippen molar-refractivity contribution in [1.82, 2.24) is 10.3 Å². The zero-order valence-corrected chi connectivity index (χ0v) is 20.6. The summed E-state index contributed by atoms with van der Waals surface area (Å²) in [7, 11) is 3.29. The first-order valence-corrected chi connectivity index (χ1v) is 12.4. The van der Waals surface area contributed by atoms with Gasteiger partial charge in [0.2, 0.25) is 5.91 Å². The van der Waals surface area contributed by atoms with Crippen LogP contribution >= 0.6 is 11.3 Å². The normalized spacial score (nSPS) is 16.1. The molecule has 7 nitrogen and oxygen atoms in total. The van der Waals surface area contributed by atoms with Crippen molar-refractivity contribution in [2.24, 2.45) is 0 Å². The second-order valence-electron chi connectivity index (χ2n) is 8.12. The topological polar surface area (TPSA) is 72.9 Å². The molecule has 1 fully saturated rings. The van der Waals surface area contributed by atoms with Gasteiger partial charge in [0.25, 0.3) is 0 Å². The molecule has 0 aliphatic carbocycles. The summed E-state index contributed by atoms with van der Waals surface area (Å²) in [4.78, 5) is 20.2. The first-order valence-electron chi connectivity index (χ1n) is 11.6. The molecule has 0 unspecified atom stereocenters. The van der Waals surface area contributed by atoms with E-state index < -0.39 is 6.04 Å². The van der Waals surface area contributed by atoms with Gasteiger partial charge in [0.05, 0.1) is 26.0 Å². The number of hydrogen-bond donors (Lipinski definition) is 1. The molecule has 0 spiro atoms. The highest BCUT2D eigenvalue weighted by Crippen LogP contribution is 2.35. The Morgan fingerprint density at radius 1 is 1.15 bits per heavy atom. The summed E-state index contributed by atoms with van der Waals surface area (Å²) < 4.78 is 16.3. The molecule has 3 aromatic rings. The maximum Gasteiger partial charge on any atom is 0.243 e. The summed E-state index contributed by atoms with van der Waals surface area (Å²) in [6, 6.07) is 15.1. The van der Waals surface area contributed by atoms with Crippen molar-refractivity contribution < 1.29 is 19.0 Å². The minimum absolute atomic E-state index is 0.0324. The molecule has 1 amide bonds. The summed E-state index contributed by atoms with van der Waals surface area (Å²) in [5.41, 5.74) is 2.74. The third-order valence-corrected chi connectivity index (χ3v) is 6.80. The standard InChI is InChI=1S/C26H31N3O4S/c1-4-24(25(30)27-16-22-6-5-15-33-22)29(19-9-13-21(32-3)14-10-19)26-28-23(17-34-26)18-7-11-20(31-2)12-8-18/h7-14,17,22,24H,4-6,15-16H2,1-3H3,(H,27,30)/t22-,24+/m0/s1. The largest absolute Gasteiger partial charge is 0.497 e. The van der Waals surface area contributed by atoms with E-state index in [0.29, 0.717) is 13.0 Å². The number of aromatic nitrogens is 1. The highest BCUT2D eigenvalue weighted by Gasteiger charge is 2.29. The third-order valence-electron chi connectivity index (χ3n) is 5.96. The molecule has 1 N–H and O–H groups in total. The van der Waals surface area contributed by atoms with Gasteiger partial charge in [-0.15, -0.1) is 11.3 Å². The number of nitrogens with one attached hydrogen (secondary N) is 1. The van der Waals surface area contributed by atoms with Gasteiger partial charge in [-0.2, -0.15) is 0 Å². The summed E-state index contributed by atoms with van der Waals surface area (Å²) in [6.07, 6.45) is 2.75. The Bertz CT molecular complexity index is 1060. The molecule has 0 saturated carbocycles. The summed E-state index contributed by atoms with van der Waals surface area (Å²) >= 11 is 1.52. The summed E-state index contributed by atoms with van der Waals surface area (Å²) in [6.45, 7) is 3.31. The highest BCUT2D eigenvalue weighted by atomic mass is 32.1. The Morgan fingerprint density at radius 3 is 2.41 bits per heavy atom. The van der Waals surface area contributed by atoms with Crippen LogP contribution in [-0.2, 0) is 9.53 Å². The second-order valence-corrected chi connectivity index (χ2v) is 8.95. The van der Waals surface area contributed by atoms with Gasteiger partial charge in [0.15, 0.2) is 5.13 Å². The van der Waals surface area contributed by atoms with E-state index in [1.165, 1.54) is 11.3 Å². The Hall–Kier alpha value is -3.10. The monoisotopic (exact) mass is 481 g/mol. The first kappa shape index (κ1) is 24.0. The number of anilines is 2. The summed E-state index contributed by atoms with van der Waals surface area (Å²) in [5, 5.41) is 5.88. The predicted molar refractivity (Wildman–Crippen MR) is 135 cm³/mol. The van der Waals surface area contributed by atoms with Crippen LogP contribution < -0.4 is 19.7 Å². The molecule has 180 valence electrons. The van der Waals surface area contributed by atoms with Crippen LogP contribution in [0.2, 0.25) is 0 Å². The van der Waals surface area contributed by atoms with Crippen molar-refractivity contribution in [3.8, 4) is 22.8 Å². The van der Waals surface area contributed by atoms with Crippen molar-refractivity contribution >= 4 is 28.1 Å². The molecule has 1 saturated heterocycles. The Balaban J connectivity index is 1.62. The van der Waals surface area contributed by atoms with Gasteiger partial charge in [-0.1, -0.05) is 6.92 Å². The van der Waals surface area contributed by atoms with Crippen LogP contribution in [0.1, 0.15) is 26.2 Å². The minimum atomic E-state index is -0.412. The van der Waals surface area contributed by atoms with Crippen molar-refractivity contribution in [2.45, 2.75) is 38.3 Å². The van der Waals surface area contributed by atoms with Gasteiger partial charge in [-0.25, -0.2) is 4.98 Å². The maximum atomic E-state index is 13.3. The molecule has 8 heteroatoms. The van der Waals surface area contributed by atoms with Crippen LogP contribution in [0, 0.1) is 0 Å². The van der Waals surface area contributed by atoms with Gasteiger partial charge in [0, 0.05) is 29.8 Å². The number of carbonyl (C=O) groups excluding carboxylic acids is 1. The van der Waals surface area contributed by atoms with Crippen LogP contribution in [-0.4, -0.2) is 50.4 Å². The highest BCUT2D eigenvalue weighted by molar-refractivity contribution is 7.14. The van der Waals surface area contributed by atoms with Gasteiger partial charge in [-0.05, 0) is 67.8 Å².